The molecule has 0 amide bonds. The van der Waals surface area contributed by atoms with E-state index in [1.54, 1.807) is 0 Å². The number of hydrogen-bond acceptors (Lipinski definition) is 6. The van der Waals surface area contributed by atoms with Gasteiger partial charge in [-0.05, 0) is 19.3 Å². The highest BCUT2D eigenvalue weighted by molar-refractivity contribution is 5.71. The monoisotopic (exact) mass is 1140 g/mol. The molecule has 482 valence electrons. The molecule has 0 aromatic rings. The first-order valence-electron chi connectivity index (χ1n) is 37.5. The Kier molecular flexibility index (Phi) is 69.5. The van der Waals surface area contributed by atoms with E-state index in [2.05, 4.69) is 20.8 Å². The smallest absolute Gasteiger partial charge is 0.306 e. The highest BCUT2D eigenvalue weighted by Crippen LogP contribution is 2.20. The number of esters is 3. The van der Waals surface area contributed by atoms with Crippen molar-refractivity contribution < 1.29 is 28.6 Å². The second-order valence-electron chi connectivity index (χ2n) is 25.9. The molecule has 0 bridgehead atoms. The molecule has 0 spiro atoms. The topological polar surface area (TPSA) is 78.9 Å². The third kappa shape index (κ3) is 69.1. The molecule has 0 saturated heterocycles. The molecular formula is C75H146O6. The minimum absolute atomic E-state index is 0.0611. The predicted octanol–water partition coefficient (Wildman–Crippen LogP) is 25.8. The lowest BCUT2D eigenvalue weighted by atomic mass is 10.0. The molecule has 1 atom stereocenters. The summed E-state index contributed by atoms with van der Waals surface area (Å²) in [6, 6.07) is 0. The van der Waals surface area contributed by atoms with Gasteiger partial charge in [-0.15, -0.1) is 0 Å². The van der Waals surface area contributed by atoms with Crippen molar-refractivity contribution >= 4 is 17.9 Å². The first-order chi connectivity index (χ1) is 40.0. The maximum atomic E-state index is 12.9. The normalized spacial score (nSPS) is 11.9. The lowest BCUT2D eigenvalue weighted by molar-refractivity contribution is -0.167. The SMILES string of the molecule is CCCCCCCCCCCCCCCCCCCCCCCCCCCCCCCC(=O)OCC(COC(=O)CCCCCCCCC)OC(=O)CCCCCCCCCCCCCCCCCCCCCCCCCCCCC. The van der Waals surface area contributed by atoms with Crippen LogP contribution >= 0.6 is 0 Å². The van der Waals surface area contributed by atoms with E-state index in [0.29, 0.717) is 19.3 Å². The van der Waals surface area contributed by atoms with Gasteiger partial charge in [0.2, 0.25) is 0 Å². The molecule has 0 aliphatic carbocycles. The minimum atomic E-state index is -0.762. The van der Waals surface area contributed by atoms with E-state index >= 15 is 0 Å². The number of rotatable bonds is 71. The van der Waals surface area contributed by atoms with Crippen LogP contribution in [-0.2, 0) is 28.6 Å². The molecule has 0 radical (unpaired) electrons. The molecule has 0 aromatic carbocycles. The summed E-state index contributed by atoms with van der Waals surface area (Å²) in [7, 11) is 0. The highest BCUT2D eigenvalue weighted by Gasteiger charge is 2.20. The van der Waals surface area contributed by atoms with E-state index in [-0.39, 0.29) is 31.1 Å². The molecule has 81 heavy (non-hydrogen) atoms. The van der Waals surface area contributed by atoms with Crippen LogP contribution in [0.1, 0.15) is 445 Å². The van der Waals surface area contributed by atoms with Gasteiger partial charge < -0.3 is 14.2 Å². The van der Waals surface area contributed by atoms with Gasteiger partial charge in [-0.25, -0.2) is 0 Å². The summed E-state index contributed by atoms with van der Waals surface area (Å²) in [4.78, 5) is 38.2. The second kappa shape index (κ2) is 70.9. The van der Waals surface area contributed by atoms with Crippen LogP contribution in [0.15, 0.2) is 0 Å². The van der Waals surface area contributed by atoms with Crippen molar-refractivity contribution in [1.29, 1.82) is 0 Å². The highest BCUT2D eigenvalue weighted by atomic mass is 16.6. The molecule has 0 fully saturated rings. The summed E-state index contributed by atoms with van der Waals surface area (Å²) in [6.07, 6.45) is 84.8. The number of unbranched alkanes of at least 4 members (excludes halogenated alkanes) is 60. The van der Waals surface area contributed by atoms with Crippen LogP contribution in [0.25, 0.3) is 0 Å². The van der Waals surface area contributed by atoms with Gasteiger partial charge in [0.05, 0.1) is 0 Å². The summed E-state index contributed by atoms with van der Waals surface area (Å²) in [5.74, 6) is -0.830. The van der Waals surface area contributed by atoms with E-state index in [1.807, 2.05) is 0 Å². The predicted molar refractivity (Wildman–Crippen MR) is 354 cm³/mol. The lowest BCUT2D eigenvalue weighted by Gasteiger charge is -2.18. The largest absolute Gasteiger partial charge is 0.462 e. The fraction of sp³-hybridized carbons (Fsp3) is 0.960. The maximum absolute atomic E-state index is 12.9. The molecule has 6 heteroatoms. The number of ether oxygens (including phenoxy) is 3. The van der Waals surface area contributed by atoms with Crippen LogP contribution in [0.4, 0.5) is 0 Å². The van der Waals surface area contributed by atoms with Crippen LogP contribution < -0.4 is 0 Å². The standard InChI is InChI=1S/C75H146O6/c1-4-7-10-13-16-18-20-22-24-26-28-30-32-34-36-37-39-40-42-44-46-48-50-52-54-56-59-62-65-68-74(77)80-71-72(70-79-73(76)67-64-61-58-15-12-9-6-3)81-75(78)69-66-63-60-57-55-53-51-49-47-45-43-41-38-35-33-31-29-27-25-23-21-19-17-14-11-8-5-2/h72H,4-71H2,1-3H3. The van der Waals surface area contributed by atoms with E-state index in [9.17, 15) is 14.4 Å². The molecule has 0 heterocycles. The van der Waals surface area contributed by atoms with Crippen LogP contribution in [0.2, 0.25) is 0 Å². The van der Waals surface area contributed by atoms with Gasteiger partial charge >= 0.3 is 17.9 Å². The van der Waals surface area contributed by atoms with Crippen molar-refractivity contribution in [2.75, 3.05) is 13.2 Å². The Morgan fingerprint density at radius 1 is 0.198 bits per heavy atom. The quantitative estimate of drug-likeness (QED) is 0.0343. The van der Waals surface area contributed by atoms with Gasteiger partial charge in [0.25, 0.3) is 0 Å². The Hall–Kier alpha value is -1.59. The van der Waals surface area contributed by atoms with E-state index in [0.717, 1.165) is 57.8 Å². The van der Waals surface area contributed by atoms with Crippen LogP contribution in [0.5, 0.6) is 0 Å². The zero-order valence-corrected chi connectivity index (χ0v) is 55.6. The van der Waals surface area contributed by atoms with Gasteiger partial charge in [-0.2, -0.15) is 0 Å². The fourth-order valence-corrected chi connectivity index (χ4v) is 12.0. The van der Waals surface area contributed by atoms with Crippen LogP contribution in [0.3, 0.4) is 0 Å². The van der Waals surface area contributed by atoms with Crippen molar-refractivity contribution in [2.45, 2.75) is 451 Å². The molecular weight excluding hydrogens is 997 g/mol. The fourth-order valence-electron chi connectivity index (χ4n) is 12.0. The minimum Gasteiger partial charge on any atom is -0.462 e. The van der Waals surface area contributed by atoms with E-state index in [1.165, 1.54) is 347 Å². The molecule has 0 rings (SSSR count). The van der Waals surface area contributed by atoms with Crippen LogP contribution in [0, 0.1) is 0 Å². The summed E-state index contributed by atoms with van der Waals surface area (Å²) in [6.45, 7) is 6.70. The van der Waals surface area contributed by atoms with Gasteiger partial charge in [-0.1, -0.05) is 406 Å². The Bertz CT molecular complexity index is 1220. The first-order valence-corrected chi connectivity index (χ1v) is 37.5. The Morgan fingerprint density at radius 3 is 0.494 bits per heavy atom. The second-order valence-corrected chi connectivity index (χ2v) is 25.9. The molecule has 0 N–H and O–H groups in total. The molecule has 0 aliphatic heterocycles. The van der Waals surface area contributed by atoms with Crippen molar-refractivity contribution in [2.24, 2.45) is 0 Å². The zero-order valence-electron chi connectivity index (χ0n) is 55.6. The van der Waals surface area contributed by atoms with Gasteiger partial charge in [0, 0.05) is 19.3 Å². The van der Waals surface area contributed by atoms with Crippen LogP contribution in [-0.4, -0.2) is 37.2 Å². The van der Waals surface area contributed by atoms with Crippen molar-refractivity contribution in [1.82, 2.24) is 0 Å². The zero-order chi connectivity index (χ0) is 58.5. The Labute approximate surface area is 508 Å². The van der Waals surface area contributed by atoms with Gasteiger partial charge in [-0.3, -0.25) is 14.4 Å². The number of carbonyl (C=O) groups excluding carboxylic acids is 3. The Morgan fingerprint density at radius 2 is 0.333 bits per heavy atom. The molecule has 1 unspecified atom stereocenters. The number of hydrogen-bond donors (Lipinski definition) is 0. The molecule has 6 nitrogen and oxygen atoms in total. The molecule has 0 aliphatic rings. The maximum Gasteiger partial charge on any atom is 0.306 e. The van der Waals surface area contributed by atoms with Crippen molar-refractivity contribution in [3.63, 3.8) is 0 Å². The summed E-state index contributed by atoms with van der Waals surface area (Å²) < 4.78 is 16.9. The van der Waals surface area contributed by atoms with E-state index < -0.39 is 6.10 Å². The summed E-state index contributed by atoms with van der Waals surface area (Å²) in [5, 5.41) is 0. The molecule has 0 saturated carbocycles. The lowest BCUT2D eigenvalue weighted by Crippen LogP contribution is -2.30. The summed E-state index contributed by atoms with van der Waals surface area (Å²) in [5.41, 5.74) is 0. The van der Waals surface area contributed by atoms with Crippen molar-refractivity contribution in [3.05, 3.63) is 0 Å². The Balaban J connectivity index is 3.95. The van der Waals surface area contributed by atoms with Crippen molar-refractivity contribution in [3.8, 4) is 0 Å². The molecule has 0 aromatic heterocycles. The summed E-state index contributed by atoms with van der Waals surface area (Å²) >= 11 is 0. The van der Waals surface area contributed by atoms with E-state index in [4.69, 9.17) is 14.2 Å². The van der Waals surface area contributed by atoms with Gasteiger partial charge in [0.15, 0.2) is 6.10 Å². The van der Waals surface area contributed by atoms with Gasteiger partial charge in [0.1, 0.15) is 13.2 Å². The number of carbonyl (C=O) groups is 3. The average Bonchev–Trinajstić information content (AvgIpc) is 3.47. The first kappa shape index (κ1) is 79.4. The third-order valence-corrected chi connectivity index (χ3v) is 17.6. The third-order valence-electron chi connectivity index (χ3n) is 17.6. The average molecular weight is 1140 g/mol.